The molecule has 0 aromatic carbocycles. The van der Waals surface area contributed by atoms with Crippen molar-refractivity contribution < 1.29 is 14.3 Å². The third-order valence-electron chi connectivity index (χ3n) is 5.66. The monoisotopic (exact) mass is 413 g/mol. The Hall–Kier alpha value is -0.610. The molecule has 4 nitrogen and oxygen atoms in total. The fourth-order valence-electron chi connectivity index (χ4n) is 3.53. The molecule has 1 atom stereocenters. The van der Waals surface area contributed by atoms with Crippen LogP contribution in [0.25, 0.3) is 0 Å². The van der Waals surface area contributed by atoms with Crippen LogP contribution < -0.4 is 0 Å². The van der Waals surface area contributed by atoms with Crippen molar-refractivity contribution in [2.75, 3.05) is 33.9 Å². The van der Waals surface area contributed by atoms with Gasteiger partial charge in [0.2, 0.25) is 0 Å². The first-order valence-electron chi connectivity index (χ1n) is 12.5. The molecule has 0 amide bonds. The Kier molecular flexibility index (Phi) is 21.6. The van der Waals surface area contributed by atoms with Gasteiger partial charge in [-0.2, -0.15) is 0 Å². The molecular weight excluding hydrogens is 362 g/mol. The molecule has 0 aliphatic rings. The predicted molar refractivity (Wildman–Crippen MR) is 124 cm³/mol. The Morgan fingerprint density at radius 1 is 0.690 bits per heavy atom. The summed E-state index contributed by atoms with van der Waals surface area (Å²) in [5.74, 6) is -0.227. The number of ether oxygens (including phenoxy) is 2. The van der Waals surface area contributed by atoms with Crippen LogP contribution in [0.3, 0.4) is 0 Å². The number of unbranched alkanes of at least 4 members (excludes halogenated alkanes) is 15. The lowest BCUT2D eigenvalue weighted by Gasteiger charge is -2.23. The Bertz CT molecular complexity index is 347. The van der Waals surface area contributed by atoms with Gasteiger partial charge in [0.1, 0.15) is 6.61 Å². The van der Waals surface area contributed by atoms with E-state index >= 15 is 0 Å². The van der Waals surface area contributed by atoms with Gasteiger partial charge < -0.3 is 14.4 Å². The van der Waals surface area contributed by atoms with Crippen LogP contribution in [0.4, 0.5) is 0 Å². The Morgan fingerprint density at radius 3 is 1.48 bits per heavy atom. The van der Waals surface area contributed by atoms with Crippen molar-refractivity contribution in [3.63, 3.8) is 0 Å². The largest absolute Gasteiger partial charge is 0.464 e. The number of esters is 1. The quantitative estimate of drug-likeness (QED) is 0.145. The molecule has 0 aliphatic carbocycles. The van der Waals surface area contributed by atoms with E-state index < -0.39 is 0 Å². The number of hydrogen-bond acceptors (Lipinski definition) is 4. The van der Waals surface area contributed by atoms with E-state index in [1.54, 1.807) is 0 Å². The van der Waals surface area contributed by atoms with Crippen molar-refractivity contribution in [1.29, 1.82) is 0 Å². The number of hydrogen-bond donors (Lipinski definition) is 0. The molecule has 0 saturated carbocycles. The molecule has 0 spiro atoms. The molecule has 29 heavy (non-hydrogen) atoms. The summed E-state index contributed by atoms with van der Waals surface area (Å²) in [6.07, 6.45) is 22.2. The summed E-state index contributed by atoms with van der Waals surface area (Å²) in [5, 5.41) is 0. The van der Waals surface area contributed by atoms with Crippen LogP contribution in [-0.4, -0.2) is 50.8 Å². The van der Waals surface area contributed by atoms with E-state index in [9.17, 15) is 4.79 Å². The lowest BCUT2D eigenvalue weighted by Crippen LogP contribution is -2.37. The van der Waals surface area contributed by atoms with Gasteiger partial charge in [-0.15, -0.1) is 0 Å². The van der Waals surface area contributed by atoms with Gasteiger partial charge in [0, 0.05) is 13.5 Å². The van der Waals surface area contributed by atoms with Gasteiger partial charge in [0.05, 0.1) is 12.6 Å². The topological polar surface area (TPSA) is 38.8 Å². The predicted octanol–water partition coefficient (Wildman–Crippen LogP) is 6.76. The molecule has 0 aromatic rings. The fourth-order valence-corrected chi connectivity index (χ4v) is 3.53. The minimum absolute atomic E-state index is 0.139. The Balaban J connectivity index is 3.26. The highest BCUT2D eigenvalue weighted by Crippen LogP contribution is 2.13. The minimum atomic E-state index is -0.227. The van der Waals surface area contributed by atoms with E-state index in [0.29, 0.717) is 13.2 Å². The number of likely N-dealkylation sites (N-methyl/N-ethyl adjacent to an activating group) is 1. The highest BCUT2D eigenvalue weighted by molar-refractivity contribution is 5.65. The highest BCUT2D eigenvalue weighted by atomic mass is 16.5. The van der Waals surface area contributed by atoms with E-state index in [0.717, 1.165) is 13.0 Å². The van der Waals surface area contributed by atoms with Crippen molar-refractivity contribution in [2.24, 2.45) is 0 Å². The molecule has 0 heterocycles. The highest BCUT2D eigenvalue weighted by Gasteiger charge is 2.13. The molecular formula is C25H51NO3. The SMILES string of the molecule is CCCCCCCCCCCCCCCCCCOCC(COC(C)=O)N(C)C. The molecule has 0 aromatic heterocycles. The zero-order valence-electron chi connectivity index (χ0n) is 20.2. The van der Waals surface area contributed by atoms with Crippen LogP contribution in [0.15, 0.2) is 0 Å². The average molecular weight is 414 g/mol. The molecule has 0 fully saturated rings. The zero-order valence-corrected chi connectivity index (χ0v) is 20.2. The van der Waals surface area contributed by atoms with Gasteiger partial charge in [0.15, 0.2) is 0 Å². The van der Waals surface area contributed by atoms with Crippen molar-refractivity contribution in [3.05, 3.63) is 0 Å². The van der Waals surface area contributed by atoms with Crippen molar-refractivity contribution >= 4 is 5.97 Å². The van der Waals surface area contributed by atoms with Crippen LogP contribution in [-0.2, 0) is 14.3 Å². The van der Waals surface area contributed by atoms with Crippen molar-refractivity contribution in [1.82, 2.24) is 4.90 Å². The van der Waals surface area contributed by atoms with Crippen LogP contribution in [0.5, 0.6) is 0 Å². The van der Waals surface area contributed by atoms with Gasteiger partial charge >= 0.3 is 5.97 Å². The minimum Gasteiger partial charge on any atom is -0.464 e. The van der Waals surface area contributed by atoms with Crippen LogP contribution in [0, 0.1) is 0 Å². The summed E-state index contributed by atoms with van der Waals surface area (Å²) >= 11 is 0. The summed E-state index contributed by atoms with van der Waals surface area (Å²) in [4.78, 5) is 13.0. The van der Waals surface area contributed by atoms with Crippen LogP contribution in [0.2, 0.25) is 0 Å². The summed E-state index contributed by atoms with van der Waals surface area (Å²) in [7, 11) is 3.98. The molecule has 1 unspecified atom stereocenters. The summed E-state index contributed by atoms with van der Waals surface area (Å²) in [6, 6.07) is 0.139. The maximum Gasteiger partial charge on any atom is 0.302 e. The molecule has 174 valence electrons. The average Bonchev–Trinajstić information content (AvgIpc) is 2.68. The van der Waals surface area contributed by atoms with Crippen molar-refractivity contribution in [2.45, 2.75) is 123 Å². The lowest BCUT2D eigenvalue weighted by molar-refractivity contribution is -0.143. The molecule has 0 bridgehead atoms. The molecule has 0 radical (unpaired) electrons. The van der Waals surface area contributed by atoms with Gasteiger partial charge in [-0.1, -0.05) is 103 Å². The number of rotatable bonds is 22. The Labute approximate surface area is 182 Å². The normalized spacial score (nSPS) is 12.4. The third kappa shape index (κ3) is 21.9. The van der Waals surface area contributed by atoms with E-state index in [2.05, 4.69) is 11.8 Å². The first-order valence-corrected chi connectivity index (χ1v) is 12.5. The number of carbonyl (C=O) groups is 1. The second kappa shape index (κ2) is 22.1. The number of carbonyl (C=O) groups excluding carboxylic acids is 1. The molecule has 4 heteroatoms. The Morgan fingerprint density at radius 2 is 1.10 bits per heavy atom. The molecule has 0 rings (SSSR count). The second-order valence-electron chi connectivity index (χ2n) is 8.80. The first kappa shape index (κ1) is 28.4. The standard InChI is InChI=1S/C25H51NO3/c1-5-6-7-8-9-10-11-12-13-14-15-16-17-18-19-20-21-28-22-25(26(3)4)23-29-24(2)27/h25H,5-23H2,1-4H3. The van der Waals surface area contributed by atoms with Gasteiger partial charge in [0.25, 0.3) is 0 Å². The molecule has 0 saturated heterocycles. The van der Waals surface area contributed by atoms with Gasteiger partial charge in [-0.3, -0.25) is 4.79 Å². The smallest absolute Gasteiger partial charge is 0.302 e. The number of nitrogens with zero attached hydrogens (tertiary/aromatic N) is 1. The van der Waals surface area contributed by atoms with Crippen LogP contribution in [0.1, 0.15) is 117 Å². The molecule has 0 N–H and O–H groups in total. The summed E-state index contributed by atoms with van der Waals surface area (Å²) in [6.45, 7) is 5.57. The second-order valence-corrected chi connectivity index (χ2v) is 8.80. The summed E-state index contributed by atoms with van der Waals surface area (Å²) in [5.41, 5.74) is 0. The third-order valence-corrected chi connectivity index (χ3v) is 5.66. The first-order chi connectivity index (χ1) is 14.1. The van der Waals surface area contributed by atoms with E-state index in [1.807, 2.05) is 14.1 Å². The van der Waals surface area contributed by atoms with E-state index in [1.165, 1.54) is 103 Å². The summed E-state index contributed by atoms with van der Waals surface area (Å²) < 4.78 is 10.9. The maximum atomic E-state index is 10.9. The zero-order chi connectivity index (χ0) is 21.6. The van der Waals surface area contributed by atoms with Crippen LogP contribution >= 0.6 is 0 Å². The van der Waals surface area contributed by atoms with E-state index in [-0.39, 0.29) is 12.0 Å². The fraction of sp³-hybridized carbons (Fsp3) is 0.960. The van der Waals surface area contributed by atoms with Gasteiger partial charge in [-0.05, 0) is 20.5 Å². The van der Waals surface area contributed by atoms with Crippen molar-refractivity contribution in [3.8, 4) is 0 Å². The van der Waals surface area contributed by atoms with Gasteiger partial charge in [-0.25, -0.2) is 0 Å². The molecule has 0 aliphatic heterocycles. The lowest BCUT2D eigenvalue weighted by atomic mass is 10.0. The maximum absolute atomic E-state index is 10.9. The van der Waals surface area contributed by atoms with E-state index in [4.69, 9.17) is 9.47 Å².